The van der Waals surface area contributed by atoms with Crippen molar-refractivity contribution in [1.82, 2.24) is 9.80 Å². The molecule has 0 spiro atoms. The Labute approximate surface area is 484 Å². The lowest BCUT2D eigenvalue weighted by Crippen LogP contribution is -2.58. The monoisotopic (exact) mass is 1170 g/mol. The first-order chi connectivity index (χ1) is 39.4. The maximum Gasteiger partial charge on any atom is 0.202 e. The van der Waals surface area contributed by atoms with E-state index in [1.54, 1.807) is 27.7 Å². The molecular weight excluding hydrogens is 1080 g/mol. The number of benzene rings is 2. The molecule has 10 rings (SSSR count). The highest BCUT2D eigenvalue weighted by molar-refractivity contribution is 6.31. The molecule has 0 bridgehead atoms. The van der Waals surface area contributed by atoms with Gasteiger partial charge in [-0.2, -0.15) is 0 Å². The van der Waals surface area contributed by atoms with Crippen LogP contribution in [0.15, 0.2) is 18.2 Å². The molecule has 6 heterocycles. The lowest BCUT2D eigenvalue weighted by atomic mass is 9.70. The van der Waals surface area contributed by atoms with Crippen LogP contribution < -0.4 is 0 Å². The van der Waals surface area contributed by atoms with Crippen molar-refractivity contribution in [2.45, 2.75) is 260 Å². The summed E-state index contributed by atoms with van der Waals surface area (Å²) in [6, 6.07) is 3.27. The summed E-state index contributed by atoms with van der Waals surface area (Å²) in [5, 5.41) is 70.9. The van der Waals surface area contributed by atoms with Crippen LogP contribution >= 0.6 is 0 Å². The summed E-state index contributed by atoms with van der Waals surface area (Å²) in [5.41, 5.74) is -3.75. The van der Waals surface area contributed by atoms with Gasteiger partial charge in [0.15, 0.2) is 49.3 Å². The lowest BCUT2D eigenvalue weighted by Gasteiger charge is -2.50. The van der Waals surface area contributed by atoms with E-state index in [1.807, 2.05) is 58.8 Å². The average molecular weight is 1170 g/mol. The summed E-state index contributed by atoms with van der Waals surface area (Å²) in [6.07, 6.45) is -11.2. The zero-order chi connectivity index (χ0) is 59.7. The molecule has 6 saturated heterocycles. The topological polar surface area (TPSA) is 290 Å². The Bertz CT molecular complexity index is 2660. The first-order valence-corrected chi connectivity index (χ1v) is 29.7. The minimum absolute atomic E-state index is 0.0144. The minimum Gasteiger partial charge on any atom is -0.507 e. The van der Waals surface area contributed by atoms with E-state index in [0.717, 1.165) is 0 Å². The summed E-state index contributed by atoms with van der Waals surface area (Å²) >= 11 is 0. The van der Waals surface area contributed by atoms with Crippen LogP contribution in [0.4, 0.5) is 0 Å². The number of aliphatic hydroxyl groups excluding tert-OH is 2. The Morgan fingerprint density at radius 3 is 1.67 bits per heavy atom. The van der Waals surface area contributed by atoms with E-state index < -0.39 is 163 Å². The van der Waals surface area contributed by atoms with Crippen molar-refractivity contribution >= 4 is 17.3 Å². The number of rotatable bonds is 15. The Balaban J connectivity index is 0.890. The number of ketones is 3. The molecule has 0 radical (unpaired) electrons. The van der Waals surface area contributed by atoms with Crippen LogP contribution in [0.1, 0.15) is 174 Å². The second-order valence-electron chi connectivity index (χ2n) is 24.5. The predicted molar refractivity (Wildman–Crippen MR) is 291 cm³/mol. The fourth-order valence-electron chi connectivity index (χ4n) is 13.6. The highest BCUT2D eigenvalue weighted by Crippen LogP contribution is 2.58. The predicted octanol–water partition coefficient (Wildman–Crippen LogP) is 4.91. The molecule has 83 heavy (non-hydrogen) atoms. The molecule has 8 aliphatic rings. The summed E-state index contributed by atoms with van der Waals surface area (Å²) in [7, 11) is 7.56. The van der Waals surface area contributed by atoms with Crippen LogP contribution in [-0.2, 0) is 61.6 Å². The van der Waals surface area contributed by atoms with Crippen LogP contribution in [-0.4, -0.2) is 215 Å². The van der Waals surface area contributed by atoms with Crippen molar-refractivity contribution in [1.29, 1.82) is 0 Å². The van der Waals surface area contributed by atoms with Crippen LogP contribution in [0.5, 0.6) is 17.2 Å². The molecule has 2 aliphatic carbocycles. The second kappa shape index (κ2) is 25.1. The van der Waals surface area contributed by atoms with E-state index in [-0.39, 0.29) is 78.4 Å². The van der Waals surface area contributed by atoms with Crippen LogP contribution in [0.3, 0.4) is 0 Å². The van der Waals surface area contributed by atoms with Gasteiger partial charge in [-0.15, -0.1) is 0 Å². The molecule has 23 heteroatoms. The molecule has 0 aromatic heterocycles. The molecule has 0 unspecified atom stereocenters. The number of phenols is 3. The molecule has 23 atom stereocenters. The van der Waals surface area contributed by atoms with Gasteiger partial charge in [-0.05, 0) is 95.1 Å². The number of nitrogens with zero attached hydrogens (tertiary/aromatic N) is 2. The van der Waals surface area contributed by atoms with Gasteiger partial charge in [0.25, 0.3) is 0 Å². The van der Waals surface area contributed by atoms with Crippen molar-refractivity contribution in [3.63, 3.8) is 0 Å². The third kappa shape index (κ3) is 12.4. The van der Waals surface area contributed by atoms with Crippen LogP contribution in [0.25, 0.3) is 0 Å². The minimum atomic E-state index is -1.88. The van der Waals surface area contributed by atoms with E-state index in [1.165, 1.54) is 18.2 Å². The summed E-state index contributed by atoms with van der Waals surface area (Å²) in [6.45, 7) is 12.6. The Kier molecular flexibility index (Phi) is 18.8. The van der Waals surface area contributed by atoms with Crippen molar-refractivity contribution in [3.05, 3.63) is 51.6 Å². The lowest BCUT2D eigenvalue weighted by molar-refractivity contribution is -0.330. The SMILES string of the molecule is CC[C@@]1(O)C[C@H](O[C@H]2C[C@H](N(C)C)[C@H](O[C@H]3C[C@H](O)[C@H](O[C@H]4CC[C@H](O)[C@H](C)O4)[C@H](C)O3)[C@H](C)O2)c2c(O)c3c(c(O)c2[C@H]1O[C@H]1C[C@H](N(C)C)[C@H](O[C@H]2CC[C@H](O[C@H]4CCC(=O)[C@H](C)O4)[C@H](C)O2)[C@H](C)O1)C(=O)c1cccc(O)c1C3=O. The standard InChI is InChI=1S/C60H86N2O21/c1-12-60(71)25-40(79-44-22-33(61(8)9)57(30(6)75-44)82-46-24-38(66)58(31(7)77-46)81-42-20-17-36(64)27(3)73-42)48-51(55(70)49-50(54(48)69)53(68)47-32(52(49)67)14-13-15-37(47)65)59(60)83-45-23-34(62(10)11)56(29(5)76-45)80-43-21-18-39(28(4)74-43)78-41-19-16-35(63)26(2)72-41/h13-15,26-31,33-34,36,38-46,56-59,64-66,69-71H,12,16-25H2,1-11H3/t26-,27-,28-,29-,30-,31-,33-,34-,36-,38-,39-,40-,41-,42-,43-,44-,45-,46-,56+,57+,58+,59+,60+/m0/s1. The second-order valence-corrected chi connectivity index (χ2v) is 24.5. The third-order valence-electron chi connectivity index (χ3n) is 18.4. The smallest absolute Gasteiger partial charge is 0.202 e. The molecule has 2 aromatic rings. The number of hydrogen-bond donors (Lipinski definition) is 6. The highest BCUT2D eigenvalue weighted by Gasteiger charge is 2.55. The average Bonchev–Trinajstić information content (AvgIpc) is 0.798. The molecule has 6 aliphatic heterocycles. The van der Waals surface area contributed by atoms with Gasteiger partial charge in [-0.25, -0.2) is 0 Å². The zero-order valence-electron chi connectivity index (χ0n) is 49.4. The molecule has 2 aromatic carbocycles. The Morgan fingerprint density at radius 2 is 1.08 bits per heavy atom. The van der Waals surface area contributed by atoms with Gasteiger partial charge in [-0.3, -0.25) is 14.4 Å². The fourth-order valence-corrected chi connectivity index (χ4v) is 13.6. The molecular formula is C60H86N2O21. The van der Waals surface area contributed by atoms with Crippen molar-refractivity contribution in [3.8, 4) is 17.2 Å². The first-order valence-electron chi connectivity index (χ1n) is 29.7. The van der Waals surface area contributed by atoms with E-state index in [9.17, 15) is 45.0 Å². The van der Waals surface area contributed by atoms with E-state index in [0.29, 0.717) is 38.5 Å². The number of carbonyl (C=O) groups is 3. The molecule has 6 N–H and O–H groups in total. The fraction of sp³-hybridized carbons (Fsp3) is 0.750. The number of likely N-dealkylation sites (N-methyl/N-ethyl adjacent to an activating group) is 2. The summed E-state index contributed by atoms with van der Waals surface area (Å²) in [4.78, 5) is 45.1. The number of phenolic OH excluding ortho intramolecular Hbond substituents is 3. The van der Waals surface area contributed by atoms with Crippen molar-refractivity contribution in [2.75, 3.05) is 28.2 Å². The van der Waals surface area contributed by atoms with Crippen LogP contribution in [0, 0.1) is 0 Å². The highest BCUT2D eigenvalue weighted by atomic mass is 16.8. The summed E-state index contributed by atoms with van der Waals surface area (Å²) < 4.78 is 77.2. The normalized spacial score (nSPS) is 41.4. The van der Waals surface area contributed by atoms with Crippen LogP contribution in [0.2, 0.25) is 0 Å². The molecule has 0 saturated carbocycles. The number of hydrogen-bond acceptors (Lipinski definition) is 23. The summed E-state index contributed by atoms with van der Waals surface area (Å²) in [5.74, 6) is -3.58. The Hall–Kier alpha value is -3.83. The Morgan fingerprint density at radius 1 is 0.554 bits per heavy atom. The van der Waals surface area contributed by atoms with E-state index in [4.69, 9.17) is 56.8 Å². The van der Waals surface area contributed by atoms with Gasteiger partial charge >= 0.3 is 0 Å². The van der Waals surface area contributed by atoms with E-state index >= 15 is 0 Å². The number of carbonyl (C=O) groups excluding carboxylic acids is 3. The molecule has 0 amide bonds. The maximum absolute atomic E-state index is 14.5. The van der Waals surface area contributed by atoms with Crippen molar-refractivity contribution < 1.29 is 102 Å². The van der Waals surface area contributed by atoms with Gasteiger partial charge < -0.3 is 97.3 Å². The quantitative estimate of drug-likeness (QED) is 0.110. The zero-order valence-corrected chi connectivity index (χ0v) is 49.4. The van der Waals surface area contributed by atoms with Crippen molar-refractivity contribution in [2.24, 2.45) is 0 Å². The van der Waals surface area contributed by atoms with Gasteiger partial charge in [0.2, 0.25) is 5.78 Å². The number of ether oxygens (including phenoxy) is 12. The van der Waals surface area contributed by atoms with Gasteiger partial charge in [0, 0.05) is 80.1 Å². The number of aliphatic hydroxyl groups is 3. The van der Waals surface area contributed by atoms with Gasteiger partial charge in [-0.1, -0.05) is 19.1 Å². The molecule has 462 valence electrons. The number of fused-ring (bicyclic) bond motifs is 3. The molecule has 23 nitrogen and oxygen atoms in total. The first kappa shape index (κ1) is 62.2. The molecule has 6 fully saturated rings. The maximum atomic E-state index is 14.5. The number of Topliss-reactive ketones (excluding diaryl/α,β-unsaturated/α-hetero) is 1. The van der Waals surface area contributed by atoms with E-state index in [2.05, 4.69) is 0 Å². The third-order valence-corrected chi connectivity index (χ3v) is 18.4. The van der Waals surface area contributed by atoms with Gasteiger partial charge in [0.1, 0.15) is 47.8 Å². The number of aromatic hydroxyl groups is 3. The largest absolute Gasteiger partial charge is 0.507 e. The van der Waals surface area contributed by atoms with Gasteiger partial charge in [0.05, 0.1) is 77.2 Å².